The molecule has 6 heteroatoms. The van der Waals surface area contributed by atoms with Crippen molar-refractivity contribution in [1.82, 2.24) is 0 Å². The highest BCUT2D eigenvalue weighted by molar-refractivity contribution is 5.85. The summed E-state index contributed by atoms with van der Waals surface area (Å²) >= 11 is 0. The molecule has 0 atom stereocenters. The standard InChI is InChI=1S/C26H18O6/c1-29-19-9-7-17-11-21(25(27)31-23(17)13-19)15-3-5-16(6-4-15)22-12-18-8-10-20(30-2)14-24(18)32-26(22)28/h3-14H,1-2H3. The summed E-state index contributed by atoms with van der Waals surface area (Å²) in [7, 11) is 3.12. The Kier molecular flexibility index (Phi) is 4.75. The van der Waals surface area contributed by atoms with Crippen LogP contribution < -0.4 is 20.7 Å². The van der Waals surface area contributed by atoms with Crippen molar-refractivity contribution in [2.24, 2.45) is 0 Å². The van der Waals surface area contributed by atoms with Gasteiger partial charge in [0.1, 0.15) is 22.7 Å². The van der Waals surface area contributed by atoms with Crippen LogP contribution in [0.15, 0.2) is 91.2 Å². The van der Waals surface area contributed by atoms with Crippen LogP contribution in [0.5, 0.6) is 11.5 Å². The van der Waals surface area contributed by atoms with E-state index >= 15 is 0 Å². The summed E-state index contributed by atoms with van der Waals surface area (Å²) in [5.74, 6) is 1.23. The molecule has 0 aliphatic carbocycles. The molecule has 0 fully saturated rings. The first kappa shape index (κ1) is 19.6. The predicted molar refractivity (Wildman–Crippen MR) is 123 cm³/mol. The third-order valence-corrected chi connectivity index (χ3v) is 5.39. The van der Waals surface area contributed by atoms with E-state index in [9.17, 15) is 9.59 Å². The maximum atomic E-state index is 12.6. The van der Waals surface area contributed by atoms with Gasteiger partial charge in [0.05, 0.1) is 25.3 Å². The fourth-order valence-corrected chi connectivity index (χ4v) is 3.67. The van der Waals surface area contributed by atoms with E-state index in [1.165, 1.54) is 0 Å². The van der Waals surface area contributed by atoms with Crippen LogP contribution >= 0.6 is 0 Å². The fourth-order valence-electron chi connectivity index (χ4n) is 3.67. The molecule has 5 rings (SSSR count). The van der Waals surface area contributed by atoms with Crippen LogP contribution in [0.25, 0.3) is 44.2 Å². The van der Waals surface area contributed by atoms with Crippen LogP contribution in [0.4, 0.5) is 0 Å². The van der Waals surface area contributed by atoms with E-state index in [0.717, 1.165) is 10.8 Å². The Morgan fingerprint density at radius 3 is 1.34 bits per heavy atom. The van der Waals surface area contributed by atoms with E-state index in [1.54, 1.807) is 62.8 Å². The number of rotatable bonds is 4. The molecule has 0 saturated heterocycles. The van der Waals surface area contributed by atoms with Crippen LogP contribution in [-0.2, 0) is 0 Å². The third kappa shape index (κ3) is 3.41. The molecule has 5 aromatic rings. The van der Waals surface area contributed by atoms with Crippen molar-refractivity contribution in [2.45, 2.75) is 0 Å². The van der Waals surface area contributed by atoms with Crippen LogP contribution in [0.2, 0.25) is 0 Å². The smallest absolute Gasteiger partial charge is 0.344 e. The second-order valence-corrected chi connectivity index (χ2v) is 7.28. The molecule has 0 aliphatic rings. The van der Waals surface area contributed by atoms with Crippen molar-refractivity contribution in [1.29, 1.82) is 0 Å². The van der Waals surface area contributed by atoms with Crippen molar-refractivity contribution in [3.8, 4) is 33.8 Å². The Hall–Kier alpha value is -4.32. The van der Waals surface area contributed by atoms with Crippen molar-refractivity contribution < 1.29 is 18.3 Å². The Morgan fingerprint density at radius 2 is 0.969 bits per heavy atom. The van der Waals surface area contributed by atoms with Crippen LogP contribution in [0.3, 0.4) is 0 Å². The lowest BCUT2D eigenvalue weighted by Gasteiger charge is -2.07. The lowest BCUT2D eigenvalue weighted by Crippen LogP contribution is -2.04. The van der Waals surface area contributed by atoms with Gasteiger partial charge in [0.2, 0.25) is 0 Å². The molecule has 158 valence electrons. The summed E-state index contributed by atoms with van der Waals surface area (Å²) in [6.07, 6.45) is 0. The second-order valence-electron chi connectivity index (χ2n) is 7.28. The average molecular weight is 426 g/mol. The summed E-state index contributed by atoms with van der Waals surface area (Å²) in [5, 5.41) is 1.57. The van der Waals surface area contributed by atoms with Gasteiger partial charge < -0.3 is 18.3 Å². The second kappa shape index (κ2) is 7.74. The third-order valence-electron chi connectivity index (χ3n) is 5.39. The monoisotopic (exact) mass is 426 g/mol. The van der Waals surface area contributed by atoms with Gasteiger partial charge in [-0.15, -0.1) is 0 Å². The maximum absolute atomic E-state index is 12.6. The minimum absolute atomic E-state index is 0.437. The first-order chi connectivity index (χ1) is 15.6. The van der Waals surface area contributed by atoms with Crippen LogP contribution in [0.1, 0.15) is 0 Å². The average Bonchev–Trinajstić information content (AvgIpc) is 2.82. The number of hydrogen-bond donors (Lipinski definition) is 0. The highest BCUT2D eigenvalue weighted by atomic mass is 16.5. The first-order valence-electron chi connectivity index (χ1n) is 9.90. The largest absolute Gasteiger partial charge is 0.497 e. The van der Waals surface area contributed by atoms with E-state index in [-0.39, 0.29) is 0 Å². The molecule has 32 heavy (non-hydrogen) atoms. The predicted octanol–water partition coefficient (Wildman–Crippen LogP) is 5.25. The van der Waals surface area contributed by atoms with E-state index in [1.807, 2.05) is 24.3 Å². The molecule has 2 heterocycles. The molecule has 0 saturated carbocycles. The number of benzene rings is 3. The molecular weight excluding hydrogens is 408 g/mol. The fraction of sp³-hybridized carbons (Fsp3) is 0.0769. The van der Waals surface area contributed by atoms with E-state index < -0.39 is 11.3 Å². The topological polar surface area (TPSA) is 78.9 Å². The Labute approximate surface area is 182 Å². The van der Waals surface area contributed by atoms with Gasteiger partial charge in [-0.05, 0) is 47.5 Å². The molecule has 0 radical (unpaired) electrons. The van der Waals surface area contributed by atoms with Gasteiger partial charge in [-0.25, -0.2) is 9.59 Å². The van der Waals surface area contributed by atoms with E-state index in [2.05, 4.69) is 0 Å². The SMILES string of the molecule is COc1ccc2cc(-c3ccc(-c4cc5ccc(OC)cc5oc4=O)cc3)c(=O)oc2c1. The summed E-state index contributed by atoms with van der Waals surface area (Å²) in [6, 6.07) is 21.4. The Bertz CT molecular complexity index is 1450. The Morgan fingerprint density at radius 1 is 0.562 bits per heavy atom. The van der Waals surface area contributed by atoms with Crippen molar-refractivity contribution in [3.05, 3.63) is 93.6 Å². The molecule has 0 unspecified atom stereocenters. The van der Waals surface area contributed by atoms with Crippen molar-refractivity contribution >= 4 is 21.9 Å². The summed E-state index contributed by atoms with van der Waals surface area (Å²) in [6.45, 7) is 0. The molecule has 0 N–H and O–H groups in total. The Balaban J connectivity index is 1.54. The zero-order valence-corrected chi connectivity index (χ0v) is 17.4. The highest BCUT2D eigenvalue weighted by Crippen LogP contribution is 2.28. The maximum Gasteiger partial charge on any atom is 0.344 e. The molecule has 3 aromatic carbocycles. The molecule has 0 aliphatic heterocycles. The number of ether oxygens (including phenoxy) is 2. The normalized spacial score (nSPS) is 11.1. The van der Waals surface area contributed by atoms with E-state index in [4.69, 9.17) is 18.3 Å². The van der Waals surface area contributed by atoms with Crippen LogP contribution in [0, 0.1) is 0 Å². The minimum atomic E-state index is -0.447. The molecular formula is C26H18O6. The van der Waals surface area contributed by atoms with Crippen LogP contribution in [-0.4, -0.2) is 14.2 Å². The first-order valence-corrected chi connectivity index (χ1v) is 9.90. The van der Waals surface area contributed by atoms with Gasteiger partial charge in [0.15, 0.2) is 0 Å². The van der Waals surface area contributed by atoms with Gasteiger partial charge in [-0.1, -0.05) is 24.3 Å². The summed E-state index contributed by atoms with van der Waals surface area (Å²) in [5.41, 5.74) is 2.28. The summed E-state index contributed by atoms with van der Waals surface area (Å²) in [4.78, 5) is 25.1. The lowest BCUT2D eigenvalue weighted by atomic mass is 10.0. The minimum Gasteiger partial charge on any atom is -0.497 e. The lowest BCUT2D eigenvalue weighted by molar-refractivity contribution is 0.414. The van der Waals surface area contributed by atoms with Crippen molar-refractivity contribution in [3.63, 3.8) is 0 Å². The van der Waals surface area contributed by atoms with Crippen molar-refractivity contribution in [2.75, 3.05) is 14.2 Å². The van der Waals surface area contributed by atoms with Gasteiger partial charge in [0.25, 0.3) is 0 Å². The number of methoxy groups -OCH3 is 2. The summed E-state index contributed by atoms with van der Waals surface area (Å²) < 4.78 is 21.3. The molecule has 2 aromatic heterocycles. The molecule has 0 bridgehead atoms. The van der Waals surface area contributed by atoms with Gasteiger partial charge in [0, 0.05) is 22.9 Å². The van der Waals surface area contributed by atoms with Gasteiger partial charge >= 0.3 is 11.3 Å². The molecule has 6 nitrogen and oxygen atoms in total. The highest BCUT2D eigenvalue weighted by Gasteiger charge is 2.12. The molecule has 0 amide bonds. The van der Waals surface area contributed by atoms with Gasteiger partial charge in [-0.3, -0.25) is 0 Å². The molecule has 0 spiro atoms. The number of fused-ring (bicyclic) bond motifs is 2. The zero-order valence-electron chi connectivity index (χ0n) is 17.4. The number of hydrogen-bond acceptors (Lipinski definition) is 6. The zero-order chi connectivity index (χ0) is 22.2. The quantitative estimate of drug-likeness (QED) is 0.365. The van der Waals surface area contributed by atoms with E-state index in [0.29, 0.717) is 44.9 Å². The van der Waals surface area contributed by atoms with Gasteiger partial charge in [-0.2, -0.15) is 0 Å².